The lowest BCUT2D eigenvalue weighted by molar-refractivity contribution is -0.161. The van der Waals surface area contributed by atoms with E-state index in [1.54, 1.807) is 13.8 Å². The number of unbranched alkanes of at least 4 members (excludes halogenated alkanes) is 5. The second kappa shape index (κ2) is 15.0. The first kappa shape index (κ1) is 26.1. The summed E-state index contributed by atoms with van der Waals surface area (Å²) < 4.78 is 10.3. The van der Waals surface area contributed by atoms with Crippen LogP contribution in [0, 0.1) is 11.3 Å². The topological polar surface area (TPSA) is 69.7 Å². The molecule has 0 aromatic carbocycles. The molecule has 1 rings (SSSR count). The van der Waals surface area contributed by atoms with E-state index in [4.69, 9.17) is 9.47 Å². The number of ketones is 1. The average molecular weight is 421 g/mol. The number of hydrogen-bond donors (Lipinski definition) is 0. The number of Topliss-reactive ketones (excluding diaryl/α,β-unsaturated/α-hetero) is 1. The largest absolute Gasteiger partial charge is 0.466 e. The molecule has 1 saturated carbocycles. The number of carbonyl (C=O) groups is 3. The molecule has 5 heteroatoms. The van der Waals surface area contributed by atoms with Crippen LogP contribution in [0.1, 0.15) is 91.4 Å². The molecule has 5 nitrogen and oxygen atoms in total. The van der Waals surface area contributed by atoms with Gasteiger partial charge in [0.25, 0.3) is 0 Å². The van der Waals surface area contributed by atoms with Gasteiger partial charge in [-0.25, -0.2) is 0 Å². The minimum atomic E-state index is -1.05. The van der Waals surface area contributed by atoms with Crippen LogP contribution in [0.5, 0.6) is 0 Å². The minimum Gasteiger partial charge on any atom is -0.466 e. The van der Waals surface area contributed by atoms with E-state index in [-0.39, 0.29) is 30.2 Å². The van der Waals surface area contributed by atoms with Crippen LogP contribution >= 0.6 is 0 Å². The molecule has 170 valence electrons. The molecule has 0 amide bonds. The van der Waals surface area contributed by atoms with Crippen LogP contribution < -0.4 is 0 Å². The van der Waals surface area contributed by atoms with Gasteiger partial charge in [-0.3, -0.25) is 14.4 Å². The van der Waals surface area contributed by atoms with Gasteiger partial charge in [-0.15, -0.1) is 0 Å². The molecule has 0 aromatic rings. The van der Waals surface area contributed by atoms with E-state index in [1.165, 1.54) is 0 Å². The van der Waals surface area contributed by atoms with Crippen molar-refractivity contribution >= 4 is 17.7 Å². The third kappa shape index (κ3) is 8.08. The zero-order valence-electron chi connectivity index (χ0n) is 19.1. The fraction of sp³-hybridized carbons (Fsp3) is 0.720. The highest BCUT2D eigenvalue weighted by molar-refractivity contribution is 6.06. The minimum absolute atomic E-state index is 0.0112. The molecular weight excluding hydrogens is 380 g/mol. The van der Waals surface area contributed by atoms with Crippen LogP contribution in [-0.4, -0.2) is 30.9 Å². The van der Waals surface area contributed by atoms with Crippen molar-refractivity contribution in [1.82, 2.24) is 0 Å². The second-order valence-corrected chi connectivity index (χ2v) is 7.93. The van der Waals surface area contributed by atoms with E-state index in [0.29, 0.717) is 32.3 Å². The van der Waals surface area contributed by atoms with Crippen molar-refractivity contribution in [2.45, 2.75) is 91.4 Å². The summed E-state index contributed by atoms with van der Waals surface area (Å²) in [5, 5.41) is 0. The molecule has 0 saturated heterocycles. The SMILES string of the molecule is CCCCC=CC=CC1CCC(=O)C1(CCCCCCC(=O)OCC)C(=O)OCC. The summed E-state index contributed by atoms with van der Waals surface area (Å²) in [6.07, 6.45) is 16.9. The molecule has 0 N–H and O–H groups in total. The molecule has 1 aliphatic carbocycles. The van der Waals surface area contributed by atoms with Gasteiger partial charge in [0.1, 0.15) is 5.41 Å². The smallest absolute Gasteiger partial charge is 0.320 e. The summed E-state index contributed by atoms with van der Waals surface area (Å²) in [6.45, 7) is 6.43. The predicted molar refractivity (Wildman–Crippen MR) is 119 cm³/mol. The molecule has 2 unspecified atom stereocenters. The maximum Gasteiger partial charge on any atom is 0.320 e. The molecule has 0 aliphatic heterocycles. The van der Waals surface area contributed by atoms with Crippen LogP contribution in [0.25, 0.3) is 0 Å². The van der Waals surface area contributed by atoms with Gasteiger partial charge in [-0.1, -0.05) is 63.3 Å². The quantitative estimate of drug-likeness (QED) is 0.147. The zero-order chi connectivity index (χ0) is 22.2. The third-order valence-electron chi connectivity index (χ3n) is 5.77. The van der Waals surface area contributed by atoms with E-state index in [0.717, 1.165) is 44.9 Å². The van der Waals surface area contributed by atoms with E-state index < -0.39 is 5.41 Å². The first-order valence-corrected chi connectivity index (χ1v) is 11.7. The zero-order valence-corrected chi connectivity index (χ0v) is 19.1. The first-order chi connectivity index (χ1) is 14.5. The fourth-order valence-corrected chi connectivity index (χ4v) is 4.13. The molecular formula is C25H40O5. The van der Waals surface area contributed by atoms with Gasteiger partial charge in [0.2, 0.25) is 0 Å². The van der Waals surface area contributed by atoms with Crippen LogP contribution in [-0.2, 0) is 23.9 Å². The van der Waals surface area contributed by atoms with Crippen molar-refractivity contribution in [2.75, 3.05) is 13.2 Å². The summed E-state index contributed by atoms with van der Waals surface area (Å²) in [7, 11) is 0. The fourth-order valence-electron chi connectivity index (χ4n) is 4.13. The van der Waals surface area contributed by atoms with Crippen molar-refractivity contribution in [1.29, 1.82) is 0 Å². The van der Waals surface area contributed by atoms with Gasteiger partial charge in [0.05, 0.1) is 13.2 Å². The average Bonchev–Trinajstić information content (AvgIpc) is 3.04. The Morgan fingerprint density at radius 2 is 1.73 bits per heavy atom. The van der Waals surface area contributed by atoms with Gasteiger partial charge < -0.3 is 9.47 Å². The molecule has 1 fully saturated rings. The lowest BCUT2D eigenvalue weighted by Crippen LogP contribution is -2.41. The van der Waals surface area contributed by atoms with Crippen molar-refractivity contribution in [2.24, 2.45) is 11.3 Å². The summed E-state index contributed by atoms with van der Waals surface area (Å²) >= 11 is 0. The molecule has 0 radical (unpaired) electrons. The Morgan fingerprint density at radius 3 is 2.43 bits per heavy atom. The third-order valence-corrected chi connectivity index (χ3v) is 5.77. The molecule has 30 heavy (non-hydrogen) atoms. The molecule has 0 bridgehead atoms. The molecule has 0 heterocycles. The van der Waals surface area contributed by atoms with Crippen LogP contribution in [0.2, 0.25) is 0 Å². The number of esters is 2. The van der Waals surface area contributed by atoms with Crippen molar-refractivity contribution in [3.63, 3.8) is 0 Å². The van der Waals surface area contributed by atoms with Gasteiger partial charge in [0, 0.05) is 18.8 Å². The Bertz CT molecular complexity index is 592. The van der Waals surface area contributed by atoms with Gasteiger partial charge in [-0.05, 0) is 39.5 Å². The van der Waals surface area contributed by atoms with Crippen LogP contribution in [0.3, 0.4) is 0 Å². The standard InChI is InChI=1S/C25H40O5/c1-4-7-8-9-10-13-16-21-18-19-22(26)25(21,24(28)30-6-3)20-15-12-11-14-17-23(27)29-5-2/h9-10,13,16,21H,4-8,11-12,14-15,17-20H2,1-3H3. The van der Waals surface area contributed by atoms with Gasteiger partial charge in [-0.2, -0.15) is 0 Å². The highest BCUT2D eigenvalue weighted by Crippen LogP contribution is 2.46. The maximum atomic E-state index is 12.9. The summed E-state index contributed by atoms with van der Waals surface area (Å²) in [5.74, 6) is -0.635. The number of rotatable bonds is 15. The summed E-state index contributed by atoms with van der Waals surface area (Å²) in [5.41, 5.74) is -1.05. The van der Waals surface area contributed by atoms with Crippen molar-refractivity contribution in [3.8, 4) is 0 Å². The van der Waals surface area contributed by atoms with E-state index in [2.05, 4.69) is 13.0 Å². The lowest BCUT2D eigenvalue weighted by atomic mass is 9.73. The normalized spacial score (nSPS) is 21.6. The van der Waals surface area contributed by atoms with Crippen LogP contribution in [0.4, 0.5) is 0 Å². The first-order valence-electron chi connectivity index (χ1n) is 11.7. The Hall–Kier alpha value is -1.91. The molecule has 1 aliphatic rings. The molecule has 0 spiro atoms. The summed E-state index contributed by atoms with van der Waals surface area (Å²) in [6, 6.07) is 0. The number of hydrogen-bond acceptors (Lipinski definition) is 5. The molecule has 2 atom stereocenters. The number of ether oxygens (including phenoxy) is 2. The second-order valence-electron chi connectivity index (χ2n) is 7.93. The maximum absolute atomic E-state index is 12.9. The van der Waals surface area contributed by atoms with Gasteiger partial charge in [0.15, 0.2) is 5.78 Å². The lowest BCUT2D eigenvalue weighted by Gasteiger charge is -2.30. The van der Waals surface area contributed by atoms with E-state index >= 15 is 0 Å². The van der Waals surface area contributed by atoms with E-state index in [9.17, 15) is 14.4 Å². The van der Waals surface area contributed by atoms with E-state index in [1.807, 2.05) is 18.2 Å². The predicted octanol–water partition coefficient (Wildman–Crippen LogP) is 5.72. The Balaban J connectivity index is 2.70. The Kier molecular flexibility index (Phi) is 13.0. The number of allylic oxidation sites excluding steroid dienone is 4. The highest BCUT2D eigenvalue weighted by Gasteiger charge is 2.54. The Morgan fingerprint density at radius 1 is 1.00 bits per heavy atom. The van der Waals surface area contributed by atoms with Crippen molar-refractivity contribution in [3.05, 3.63) is 24.3 Å². The highest BCUT2D eigenvalue weighted by atomic mass is 16.5. The monoisotopic (exact) mass is 420 g/mol. The summed E-state index contributed by atoms with van der Waals surface area (Å²) in [4.78, 5) is 37.2. The van der Waals surface area contributed by atoms with Crippen LogP contribution in [0.15, 0.2) is 24.3 Å². The Labute approximate surface area is 182 Å². The van der Waals surface area contributed by atoms with Crippen molar-refractivity contribution < 1.29 is 23.9 Å². The number of carbonyl (C=O) groups excluding carboxylic acids is 3. The molecule has 0 aromatic heterocycles. The van der Waals surface area contributed by atoms with Gasteiger partial charge >= 0.3 is 11.9 Å².